The van der Waals surface area contributed by atoms with Crippen molar-refractivity contribution in [2.24, 2.45) is 14.1 Å². The molecule has 0 saturated heterocycles. The van der Waals surface area contributed by atoms with Crippen molar-refractivity contribution >= 4 is 28.9 Å². The fraction of sp³-hybridized carbons (Fsp3) is 0.455. The van der Waals surface area contributed by atoms with Crippen LogP contribution < -0.4 is 11.2 Å². The zero-order chi connectivity index (χ0) is 14.9. The number of hydrogen-bond donors (Lipinski definition) is 1. The van der Waals surface area contributed by atoms with Crippen LogP contribution in [0.5, 0.6) is 0 Å². The molecular formula is C11H14N4O4S. The summed E-state index contributed by atoms with van der Waals surface area (Å²) in [6.45, 7) is 2.04. The van der Waals surface area contributed by atoms with Crippen LogP contribution in [0.15, 0.2) is 14.7 Å². The molecule has 0 amide bonds. The molecule has 0 atom stereocenters. The lowest BCUT2D eigenvalue weighted by Crippen LogP contribution is -2.36. The number of aryl methyl sites for hydroxylation is 1. The number of imidazole rings is 1. The van der Waals surface area contributed by atoms with E-state index in [-0.39, 0.29) is 22.9 Å². The van der Waals surface area contributed by atoms with Crippen LogP contribution in [-0.4, -0.2) is 37.4 Å². The molecule has 0 spiro atoms. The van der Waals surface area contributed by atoms with E-state index in [1.807, 2.05) is 0 Å². The molecule has 0 bridgehead atoms. The minimum atomic E-state index is -0.448. The molecule has 0 aliphatic rings. The Kier molecular flexibility index (Phi) is 3.98. The third-order valence-electron chi connectivity index (χ3n) is 2.71. The van der Waals surface area contributed by atoms with E-state index in [0.29, 0.717) is 11.8 Å². The van der Waals surface area contributed by atoms with E-state index in [0.717, 1.165) is 16.3 Å². The smallest absolute Gasteiger partial charge is 0.332 e. The molecule has 0 aliphatic carbocycles. The van der Waals surface area contributed by atoms with Gasteiger partial charge >= 0.3 is 11.7 Å². The van der Waals surface area contributed by atoms with Gasteiger partial charge in [0.25, 0.3) is 5.56 Å². The Bertz CT molecular complexity index is 773. The molecule has 0 aliphatic heterocycles. The number of thioether (sulfide) groups is 1. The van der Waals surface area contributed by atoms with Crippen molar-refractivity contribution in [3.05, 3.63) is 20.8 Å². The molecule has 2 aromatic rings. The fourth-order valence-corrected chi connectivity index (χ4v) is 2.37. The first-order chi connectivity index (χ1) is 9.45. The van der Waals surface area contributed by atoms with Crippen LogP contribution in [0.4, 0.5) is 0 Å². The zero-order valence-corrected chi connectivity index (χ0v) is 12.1. The van der Waals surface area contributed by atoms with E-state index in [2.05, 4.69) is 9.97 Å². The highest BCUT2D eigenvalue weighted by Gasteiger charge is 2.14. The fourth-order valence-electron chi connectivity index (χ4n) is 1.70. The van der Waals surface area contributed by atoms with Crippen LogP contribution in [0, 0.1) is 0 Å². The van der Waals surface area contributed by atoms with Gasteiger partial charge in [0.15, 0.2) is 16.3 Å². The molecule has 9 heteroatoms. The van der Waals surface area contributed by atoms with Crippen LogP contribution >= 0.6 is 11.8 Å². The number of carbonyl (C=O) groups excluding carboxylic acids is 1. The number of rotatable bonds is 4. The van der Waals surface area contributed by atoms with Gasteiger partial charge in [0.1, 0.15) is 0 Å². The number of esters is 1. The first-order valence-corrected chi connectivity index (χ1v) is 6.88. The first kappa shape index (κ1) is 14.4. The average molecular weight is 298 g/mol. The Morgan fingerprint density at radius 3 is 2.70 bits per heavy atom. The van der Waals surface area contributed by atoms with E-state index >= 15 is 0 Å². The topological polar surface area (TPSA) is 99.0 Å². The summed E-state index contributed by atoms with van der Waals surface area (Å²) >= 11 is 1.12. The second kappa shape index (κ2) is 5.53. The van der Waals surface area contributed by atoms with Gasteiger partial charge in [-0.05, 0) is 6.92 Å². The second-order valence-electron chi connectivity index (χ2n) is 4.04. The van der Waals surface area contributed by atoms with Gasteiger partial charge in [0.2, 0.25) is 0 Å². The molecule has 2 rings (SSSR count). The summed E-state index contributed by atoms with van der Waals surface area (Å²) in [6, 6.07) is 0. The number of ether oxygens (including phenoxy) is 1. The minimum Gasteiger partial charge on any atom is -0.465 e. The van der Waals surface area contributed by atoms with E-state index in [4.69, 9.17) is 4.74 Å². The predicted octanol–water partition coefficient (Wildman–Crippen LogP) is -0.385. The SMILES string of the molecule is CCOC(=O)CSc1nc2c([nH]1)c(=O)n(C)c(=O)n2C. The number of nitrogens with one attached hydrogen (secondary N) is 1. The normalized spacial score (nSPS) is 10.9. The summed E-state index contributed by atoms with van der Waals surface area (Å²) in [5, 5.41) is 0.395. The van der Waals surface area contributed by atoms with Crippen molar-refractivity contribution in [3.8, 4) is 0 Å². The largest absolute Gasteiger partial charge is 0.465 e. The molecule has 0 fully saturated rings. The Balaban J connectivity index is 2.37. The number of hydrogen-bond acceptors (Lipinski definition) is 6. The number of aromatic nitrogens is 4. The number of carbonyl (C=O) groups is 1. The summed E-state index contributed by atoms with van der Waals surface area (Å²) < 4.78 is 7.08. The highest BCUT2D eigenvalue weighted by Crippen LogP contribution is 2.16. The number of H-pyrrole nitrogens is 1. The molecule has 2 heterocycles. The van der Waals surface area contributed by atoms with Crippen LogP contribution in [0.25, 0.3) is 11.2 Å². The van der Waals surface area contributed by atoms with Crippen LogP contribution in [0.1, 0.15) is 6.92 Å². The summed E-state index contributed by atoms with van der Waals surface area (Å²) in [5.74, 6) is -0.276. The maximum absolute atomic E-state index is 11.9. The van der Waals surface area contributed by atoms with Gasteiger partial charge in [-0.15, -0.1) is 0 Å². The Labute approximate surface area is 117 Å². The van der Waals surface area contributed by atoms with Gasteiger partial charge in [-0.2, -0.15) is 0 Å². The molecular weight excluding hydrogens is 284 g/mol. The highest BCUT2D eigenvalue weighted by atomic mass is 32.2. The standard InChI is InChI=1S/C11H14N4O4S/c1-4-19-6(16)5-20-10-12-7-8(13-10)14(2)11(18)15(3)9(7)17/h4-5H2,1-3H3,(H,12,13). The zero-order valence-electron chi connectivity index (χ0n) is 11.3. The first-order valence-electron chi connectivity index (χ1n) is 5.89. The molecule has 2 aromatic heterocycles. The van der Waals surface area contributed by atoms with E-state index in [9.17, 15) is 14.4 Å². The Hall–Kier alpha value is -2.03. The molecule has 0 aromatic carbocycles. The average Bonchev–Trinajstić information content (AvgIpc) is 2.85. The van der Waals surface area contributed by atoms with Gasteiger partial charge in [0, 0.05) is 14.1 Å². The summed E-state index contributed by atoms with van der Waals surface area (Å²) in [4.78, 5) is 41.9. The quantitative estimate of drug-likeness (QED) is 0.610. The second-order valence-corrected chi connectivity index (χ2v) is 5.00. The summed E-state index contributed by atoms with van der Waals surface area (Å²) in [5.41, 5.74) is -0.389. The molecule has 8 nitrogen and oxygen atoms in total. The van der Waals surface area contributed by atoms with E-state index in [1.54, 1.807) is 6.92 Å². The van der Waals surface area contributed by atoms with Gasteiger partial charge in [-0.1, -0.05) is 11.8 Å². The number of fused-ring (bicyclic) bond motifs is 1. The van der Waals surface area contributed by atoms with Crippen molar-refractivity contribution in [2.45, 2.75) is 12.1 Å². The lowest BCUT2D eigenvalue weighted by atomic mass is 10.5. The Morgan fingerprint density at radius 1 is 1.35 bits per heavy atom. The van der Waals surface area contributed by atoms with Gasteiger partial charge in [0.05, 0.1) is 12.4 Å². The molecule has 0 saturated carbocycles. The lowest BCUT2D eigenvalue weighted by molar-refractivity contribution is -0.139. The number of nitrogens with zero attached hydrogens (tertiary/aromatic N) is 3. The summed E-state index contributed by atoms with van der Waals surface area (Å²) in [7, 11) is 2.93. The maximum Gasteiger partial charge on any atom is 0.332 e. The third kappa shape index (κ3) is 2.48. The van der Waals surface area contributed by atoms with E-state index in [1.165, 1.54) is 18.7 Å². The van der Waals surface area contributed by atoms with E-state index < -0.39 is 11.2 Å². The van der Waals surface area contributed by atoms with Crippen LogP contribution in [0.2, 0.25) is 0 Å². The van der Waals surface area contributed by atoms with Crippen molar-refractivity contribution in [1.82, 2.24) is 19.1 Å². The Morgan fingerprint density at radius 2 is 2.05 bits per heavy atom. The van der Waals surface area contributed by atoms with Crippen LogP contribution in [-0.2, 0) is 23.6 Å². The lowest BCUT2D eigenvalue weighted by Gasteiger charge is -2.00. The van der Waals surface area contributed by atoms with Crippen molar-refractivity contribution in [1.29, 1.82) is 0 Å². The third-order valence-corrected chi connectivity index (χ3v) is 3.55. The van der Waals surface area contributed by atoms with Crippen molar-refractivity contribution in [2.75, 3.05) is 12.4 Å². The van der Waals surface area contributed by atoms with Gasteiger partial charge < -0.3 is 9.72 Å². The minimum absolute atomic E-state index is 0.0852. The molecule has 0 unspecified atom stereocenters. The maximum atomic E-state index is 11.9. The number of aromatic amines is 1. The molecule has 0 radical (unpaired) electrons. The molecule has 108 valence electrons. The van der Waals surface area contributed by atoms with Gasteiger partial charge in [-0.3, -0.25) is 18.7 Å². The van der Waals surface area contributed by atoms with Crippen molar-refractivity contribution in [3.63, 3.8) is 0 Å². The van der Waals surface area contributed by atoms with Crippen LogP contribution in [0.3, 0.4) is 0 Å². The molecule has 20 heavy (non-hydrogen) atoms. The predicted molar refractivity (Wildman–Crippen MR) is 73.9 cm³/mol. The molecule has 1 N–H and O–H groups in total. The summed E-state index contributed by atoms with van der Waals surface area (Å²) in [6.07, 6.45) is 0. The van der Waals surface area contributed by atoms with Crippen molar-refractivity contribution < 1.29 is 9.53 Å². The monoisotopic (exact) mass is 298 g/mol. The highest BCUT2D eigenvalue weighted by molar-refractivity contribution is 7.99. The van der Waals surface area contributed by atoms with Gasteiger partial charge in [-0.25, -0.2) is 9.78 Å².